The molecule has 2 heteroatoms. The van der Waals surface area contributed by atoms with E-state index in [-0.39, 0.29) is 6.10 Å². The molecule has 0 aromatic heterocycles. The predicted molar refractivity (Wildman–Crippen MR) is 56.4 cm³/mol. The van der Waals surface area contributed by atoms with Gasteiger partial charge in [-0.1, -0.05) is 25.1 Å². The van der Waals surface area contributed by atoms with Gasteiger partial charge in [-0.15, -0.1) is 0 Å². The first-order chi connectivity index (χ1) is 6.76. The second kappa shape index (κ2) is 5.55. The highest BCUT2D eigenvalue weighted by Gasteiger charge is 1.99. The molecule has 0 aliphatic heterocycles. The first kappa shape index (κ1) is 10.9. The molecule has 0 fully saturated rings. The van der Waals surface area contributed by atoms with Crippen LogP contribution in [-0.2, 0) is 11.3 Å². The number of hydrogen-bond donors (Lipinski definition) is 0. The first-order valence-electron chi connectivity index (χ1n) is 4.92. The van der Waals surface area contributed by atoms with E-state index in [0.29, 0.717) is 12.2 Å². The summed E-state index contributed by atoms with van der Waals surface area (Å²) in [5.41, 5.74) is 1.75. The number of benzene rings is 1. The Balaban J connectivity index is 2.54. The van der Waals surface area contributed by atoms with Crippen LogP contribution in [0.3, 0.4) is 0 Å². The van der Waals surface area contributed by atoms with E-state index >= 15 is 0 Å². The Morgan fingerprint density at radius 2 is 2.29 bits per heavy atom. The van der Waals surface area contributed by atoms with E-state index < -0.39 is 0 Å². The molecule has 0 bridgehead atoms. The molecule has 0 heterocycles. The fourth-order valence-electron chi connectivity index (χ4n) is 1.11. The maximum absolute atomic E-state index is 10.5. The minimum absolute atomic E-state index is 0.273. The Bertz CT molecular complexity index is 294. The van der Waals surface area contributed by atoms with Crippen molar-refractivity contribution in [3.8, 4) is 0 Å². The van der Waals surface area contributed by atoms with Crippen LogP contribution in [0.1, 0.15) is 36.2 Å². The van der Waals surface area contributed by atoms with Gasteiger partial charge >= 0.3 is 0 Å². The summed E-state index contributed by atoms with van der Waals surface area (Å²) in [6.07, 6.45) is 2.13. The summed E-state index contributed by atoms with van der Waals surface area (Å²) in [4.78, 5) is 10.5. The highest BCUT2D eigenvalue weighted by molar-refractivity contribution is 5.74. The van der Waals surface area contributed by atoms with Gasteiger partial charge in [0, 0.05) is 5.56 Å². The van der Waals surface area contributed by atoms with Gasteiger partial charge in [-0.25, -0.2) is 0 Å². The summed E-state index contributed by atoms with van der Waals surface area (Å²) in [7, 11) is 0. The van der Waals surface area contributed by atoms with Gasteiger partial charge in [-0.2, -0.15) is 0 Å². The zero-order valence-electron chi connectivity index (χ0n) is 8.69. The molecule has 0 radical (unpaired) electrons. The molecule has 0 saturated heterocycles. The van der Waals surface area contributed by atoms with Crippen LogP contribution in [-0.4, -0.2) is 12.4 Å². The average molecular weight is 192 g/mol. The van der Waals surface area contributed by atoms with Gasteiger partial charge in [0.25, 0.3) is 0 Å². The van der Waals surface area contributed by atoms with Gasteiger partial charge in [-0.05, 0) is 25.0 Å². The van der Waals surface area contributed by atoms with Crippen LogP contribution in [0.25, 0.3) is 0 Å². The van der Waals surface area contributed by atoms with E-state index in [1.807, 2.05) is 25.1 Å². The molecular formula is C12H16O2. The van der Waals surface area contributed by atoms with Crippen molar-refractivity contribution in [2.24, 2.45) is 0 Å². The fourth-order valence-corrected chi connectivity index (χ4v) is 1.11. The zero-order valence-corrected chi connectivity index (χ0v) is 8.69. The molecule has 1 aromatic carbocycles. The molecule has 14 heavy (non-hydrogen) atoms. The average Bonchev–Trinajstić information content (AvgIpc) is 2.26. The molecular weight excluding hydrogens is 176 g/mol. The molecule has 0 aliphatic rings. The summed E-state index contributed by atoms with van der Waals surface area (Å²) in [5.74, 6) is 0. The van der Waals surface area contributed by atoms with E-state index in [9.17, 15) is 4.79 Å². The maximum Gasteiger partial charge on any atom is 0.150 e. The molecule has 1 atom stereocenters. The molecule has 0 amide bonds. The van der Waals surface area contributed by atoms with E-state index in [0.717, 1.165) is 18.3 Å². The lowest BCUT2D eigenvalue weighted by Gasteiger charge is -2.10. The summed E-state index contributed by atoms with van der Waals surface area (Å²) < 4.78 is 5.56. The van der Waals surface area contributed by atoms with Crippen molar-refractivity contribution >= 4 is 6.29 Å². The summed E-state index contributed by atoms with van der Waals surface area (Å²) in [6, 6.07) is 7.49. The van der Waals surface area contributed by atoms with Gasteiger partial charge in [0.2, 0.25) is 0 Å². The smallest absolute Gasteiger partial charge is 0.150 e. The van der Waals surface area contributed by atoms with Crippen molar-refractivity contribution in [3.05, 3.63) is 35.4 Å². The quantitative estimate of drug-likeness (QED) is 0.670. The lowest BCUT2D eigenvalue weighted by molar-refractivity contribution is 0.0508. The number of ether oxygens (including phenoxy) is 1. The monoisotopic (exact) mass is 192 g/mol. The maximum atomic E-state index is 10.5. The SMILES string of the molecule is CC[C@@H](C)OCc1cccc(C=O)c1. The Morgan fingerprint density at radius 1 is 1.50 bits per heavy atom. The number of hydrogen-bond acceptors (Lipinski definition) is 2. The normalized spacial score (nSPS) is 12.4. The van der Waals surface area contributed by atoms with Gasteiger partial charge in [0.05, 0.1) is 12.7 Å². The zero-order chi connectivity index (χ0) is 10.4. The van der Waals surface area contributed by atoms with Gasteiger partial charge < -0.3 is 4.74 Å². The third-order valence-corrected chi connectivity index (χ3v) is 2.20. The van der Waals surface area contributed by atoms with Crippen LogP contribution in [0.2, 0.25) is 0 Å². The van der Waals surface area contributed by atoms with Crippen molar-refractivity contribution in [1.29, 1.82) is 0 Å². The fraction of sp³-hybridized carbons (Fsp3) is 0.417. The molecule has 2 nitrogen and oxygen atoms in total. The Hall–Kier alpha value is -1.15. The van der Waals surface area contributed by atoms with E-state index in [4.69, 9.17) is 4.74 Å². The van der Waals surface area contributed by atoms with Crippen LogP contribution in [0, 0.1) is 0 Å². The molecule has 1 rings (SSSR count). The highest BCUT2D eigenvalue weighted by atomic mass is 16.5. The van der Waals surface area contributed by atoms with Crippen LogP contribution in [0.15, 0.2) is 24.3 Å². The van der Waals surface area contributed by atoms with Crippen LogP contribution in [0.4, 0.5) is 0 Å². The largest absolute Gasteiger partial charge is 0.374 e. The van der Waals surface area contributed by atoms with Crippen LogP contribution in [0.5, 0.6) is 0 Å². The Kier molecular flexibility index (Phi) is 4.33. The third-order valence-electron chi connectivity index (χ3n) is 2.20. The summed E-state index contributed by atoms with van der Waals surface area (Å²) in [5, 5.41) is 0. The molecule has 0 spiro atoms. The number of aldehydes is 1. The topological polar surface area (TPSA) is 26.3 Å². The van der Waals surface area contributed by atoms with Crippen molar-refractivity contribution in [2.45, 2.75) is 33.0 Å². The summed E-state index contributed by atoms with van der Waals surface area (Å²) in [6.45, 7) is 4.72. The van der Waals surface area contributed by atoms with Gasteiger partial charge in [0.15, 0.2) is 0 Å². The number of carbonyl (C=O) groups excluding carboxylic acids is 1. The Morgan fingerprint density at radius 3 is 2.93 bits per heavy atom. The minimum atomic E-state index is 0.273. The van der Waals surface area contributed by atoms with Crippen molar-refractivity contribution in [3.63, 3.8) is 0 Å². The van der Waals surface area contributed by atoms with Crippen molar-refractivity contribution in [1.82, 2.24) is 0 Å². The van der Waals surface area contributed by atoms with Crippen molar-refractivity contribution < 1.29 is 9.53 Å². The van der Waals surface area contributed by atoms with E-state index in [2.05, 4.69) is 6.92 Å². The third kappa shape index (κ3) is 3.30. The second-order valence-electron chi connectivity index (χ2n) is 3.39. The van der Waals surface area contributed by atoms with Crippen molar-refractivity contribution in [2.75, 3.05) is 0 Å². The summed E-state index contributed by atoms with van der Waals surface area (Å²) >= 11 is 0. The highest BCUT2D eigenvalue weighted by Crippen LogP contribution is 2.07. The van der Waals surface area contributed by atoms with E-state index in [1.54, 1.807) is 6.07 Å². The second-order valence-corrected chi connectivity index (χ2v) is 3.39. The lowest BCUT2D eigenvalue weighted by Crippen LogP contribution is -2.06. The van der Waals surface area contributed by atoms with Gasteiger partial charge in [0.1, 0.15) is 6.29 Å². The predicted octanol–water partition coefficient (Wildman–Crippen LogP) is 2.81. The molecule has 0 saturated carbocycles. The van der Waals surface area contributed by atoms with Crippen LogP contribution < -0.4 is 0 Å². The molecule has 76 valence electrons. The minimum Gasteiger partial charge on any atom is -0.374 e. The molecule has 0 aliphatic carbocycles. The van der Waals surface area contributed by atoms with E-state index in [1.165, 1.54) is 0 Å². The molecule has 0 unspecified atom stereocenters. The standard InChI is InChI=1S/C12H16O2/c1-3-10(2)14-9-12-6-4-5-11(7-12)8-13/h4-8,10H,3,9H2,1-2H3/t10-/m1/s1. The first-order valence-corrected chi connectivity index (χ1v) is 4.92. The number of carbonyl (C=O) groups is 1. The lowest BCUT2D eigenvalue weighted by atomic mass is 10.1. The number of rotatable bonds is 5. The van der Waals surface area contributed by atoms with Crippen LogP contribution >= 0.6 is 0 Å². The molecule has 0 N–H and O–H groups in total. The molecule has 1 aromatic rings. The Labute approximate surface area is 84.9 Å². The van der Waals surface area contributed by atoms with Gasteiger partial charge in [-0.3, -0.25) is 4.79 Å².